The number of carbonyl (C=O) groups is 1. The second kappa shape index (κ2) is 3.71. The number of aromatic nitrogens is 1. The lowest BCUT2D eigenvalue weighted by molar-refractivity contribution is -0.134. The van der Waals surface area contributed by atoms with Crippen molar-refractivity contribution in [1.29, 1.82) is 0 Å². The molecule has 0 bridgehead atoms. The molecule has 64 valence electrons. The van der Waals surface area contributed by atoms with Crippen molar-refractivity contribution in [2.75, 3.05) is 7.11 Å². The number of nitrogens with zero attached hydrogens (tertiary/aromatic N) is 1. The third-order valence-corrected chi connectivity index (χ3v) is 1.24. The first-order valence-electron chi connectivity index (χ1n) is 3.41. The van der Waals surface area contributed by atoms with Gasteiger partial charge in [-0.25, -0.2) is 4.79 Å². The average molecular weight is 167 g/mol. The molecule has 0 amide bonds. The Kier molecular flexibility index (Phi) is 2.63. The van der Waals surface area contributed by atoms with Gasteiger partial charge in [-0.15, -0.1) is 0 Å². The molecule has 0 aliphatic rings. The summed E-state index contributed by atoms with van der Waals surface area (Å²) >= 11 is 0. The molecule has 4 nitrogen and oxygen atoms in total. The topological polar surface area (TPSA) is 52.3 Å². The van der Waals surface area contributed by atoms with Crippen molar-refractivity contribution in [3.8, 4) is 0 Å². The van der Waals surface area contributed by atoms with Crippen LogP contribution >= 0.6 is 0 Å². The lowest BCUT2D eigenvalue weighted by atomic mass is 10.3. The van der Waals surface area contributed by atoms with Crippen LogP contribution in [0.1, 0.15) is 11.5 Å². The lowest BCUT2D eigenvalue weighted by Gasteiger charge is -1.86. The predicted octanol–water partition coefficient (Wildman–Crippen LogP) is 1.17. The van der Waals surface area contributed by atoms with Crippen LogP contribution in [0.5, 0.6) is 0 Å². The first-order valence-corrected chi connectivity index (χ1v) is 3.41. The third kappa shape index (κ3) is 2.23. The zero-order chi connectivity index (χ0) is 8.97. The van der Waals surface area contributed by atoms with E-state index in [4.69, 9.17) is 4.52 Å². The van der Waals surface area contributed by atoms with Crippen molar-refractivity contribution in [1.82, 2.24) is 5.16 Å². The minimum absolute atomic E-state index is 0.407. The van der Waals surface area contributed by atoms with Gasteiger partial charge in [-0.05, 0) is 13.0 Å². The summed E-state index contributed by atoms with van der Waals surface area (Å²) in [6.45, 7) is 1.78. The zero-order valence-corrected chi connectivity index (χ0v) is 6.90. The molecule has 1 aromatic heterocycles. The molecule has 0 aromatic carbocycles. The number of aryl methyl sites for hydroxylation is 1. The summed E-state index contributed by atoms with van der Waals surface area (Å²) < 4.78 is 9.17. The molecule has 0 radical (unpaired) electrons. The molecule has 0 aliphatic carbocycles. The average Bonchev–Trinajstić information content (AvgIpc) is 2.47. The third-order valence-electron chi connectivity index (χ3n) is 1.24. The van der Waals surface area contributed by atoms with Crippen LogP contribution in [0, 0.1) is 6.92 Å². The van der Waals surface area contributed by atoms with Gasteiger partial charge < -0.3 is 9.26 Å². The molecule has 12 heavy (non-hydrogen) atoms. The summed E-state index contributed by atoms with van der Waals surface area (Å²) in [5.74, 6) is 0.301. The largest absolute Gasteiger partial charge is 0.466 e. The highest BCUT2D eigenvalue weighted by Gasteiger charge is 1.96. The van der Waals surface area contributed by atoms with E-state index >= 15 is 0 Å². The normalized spacial score (nSPS) is 10.5. The Morgan fingerprint density at radius 3 is 3.00 bits per heavy atom. The highest BCUT2D eigenvalue weighted by Crippen LogP contribution is 2.02. The van der Waals surface area contributed by atoms with Gasteiger partial charge in [0.25, 0.3) is 0 Å². The van der Waals surface area contributed by atoms with E-state index in [1.807, 2.05) is 0 Å². The van der Waals surface area contributed by atoms with E-state index in [2.05, 4.69) is 9.89 Å². The van der Waals surface area contributed by atoms with Crippen LogP contribution in [-0.4, -0.2) is 18.2 Å². The van der Waals surface area contributed by atoms with Crippen LogP contribution in [0.25, 0.3) is 6.08 Å². The van der Waals surface area contributed by atoms with Gasteiger partial charge in [0.15, 0.2) is 0 Å². The smallest absolute Gasteiger partial charge is 0.330 e. The molecule has 0 N–H and O–H groups in total. The minimum atomic E-state index is -0.407. The molecule has 0 aliphatic heterocycles. The molecule has 0 saturated heterocycles. The van der Waals surface area contributed by atoms with Crippen LogP contribution in [-0.2, 0) is 9.53 Å². The summed E-state index contributed by atoms with van der Waals surface area (Å²) in [5, 5.41) is 3.65. The molecule has 0 atom stereocenters. The van der Waals surface area contributed by atoms with Gasteiger partial charge in [0, 0.05) is 12.1 Å². The van der Waals surface area contributed by atoms with E-state index in [9.17, 15) is 4.79 Å². The number of esters is 1. The number of carbonyl (C=O) groups excluding carboxylic acids is 1. The first kappa shape index (κ1) is 8.52. The monoisotopic (exact) mass is 167 g/mol. The van der Waals surface area contributed by atoms with E-state index in [1.54, 1.807) is 13.0 Å². The summed E-state index contributed by atoms with van der Waals surface area (Å²) in [5.41, 5.74) is 0.609. The van der Waals surface area contributed by atoms with Crippen LogP contribution in [0.2, 0.25) is 0 Å². The van der Waals surface area contributed by atoms with Crippen molar-refractivity contribution < 1.29 is 14.1 Å². The van der Waals surface area contributed by atoms with Crippen LogP contribution in [0.3, 0.4) is 0 Å². The van der Waals surface area contributed by atoms with Crippen LogP contribution < -0.4 is 0 Å². The van der Waals surface area contributed by atoms with Gasteiger partial charge in [-0.1, -0.05) is 5.16 Å². The van der Waals surface area contributed by atoms with Crippen molar-refractivity contribution in [2.24, 2.45) is 0 Å². The molecule has 1 rings (SSSR count). The number of hydrogen-bond donors (Lipinski definition) is 0. The molecule has 0 saturated carbocycles. The maximum Gasteiger partial charge on any atom is 0.330 e. The minimum Gasteiger partial charge on any atom is -0.466 e. The van der Waals surface area contributed by atoms with Crippen molar-refractivity contribution >= 4 is 12.0 Å². The molecule has 0 spiro atoms. The van der Waals surface area contributed by atoms with Crippen LogP contribution in [0.4, 0.5) is 0 Å². The van der Waals surface area contributed by atoms with Gasteiger partial charge in [0.2, 0.25) is 0 Å². The summed E-state index contributed by atoms with van der Waals surface area (Å²) in [4.78, 5) is 10.6. The Bertz CT molecular complexity index is 301. The Hall–Kier alpha value is -1.58. The van der Waals surface area contributed by atoms with Gasteiger partial charge in [0.1, 0.15) is 11.5 Å². The molecule has 0 fully saturated rings. The molecule has 4 heteroatoms. The van der Waals surface area contributed by atoms with Crippen LogP contribution in [0.15, 0.2) is 16.7 Å². The summed E-state index contributed by atoms with van der Waals surface area (Å²) in [7, 11) is 1.32. The van der Waals surface area contributed by atoms with Gasteiger partial charge in [0.05, 0.1) is 7.11 Å². The maximum absolute atomic E-state index is 10.6. The zero-order valence-electron chi connectivity index (χ0n) is 6.90. The highest BCUT2D eigenvalue weighted by atomic mass is 16.5. The summed E-state index contributed by atoms with van der Waals surface area (Å²) in [6, 6.07) is 1.72. The SMILES string of the molecule is COC(=O)C=Cc1cc(C)on1. The highest BCUT2D eigenvalue weighted by molar-refractivity contribution is 5.86. The molecular weight excluding hydrogens is 158 g/mol. The Labute approximate surface area is 69.8 Å². The van der Waals surface area contributed by atoms with Crippen molar-refractivity contribution in [3.63, 3.8) is 0 Å². The molecule has 1 heterocycles. The second-order valence-electron chi connectivity index (χ2n) is 2.22. The molecule has 1 aromatic rings. The van der Waals surface area contributed by atoms with Gasteiger partial charge >= 0.3 is 5.97 Å². The lowest BCUT2D eigenvalue weighted by Crippen LogP contribution is -1.93. The number of hydrogen-bond acceptors (Lipinski definition) is 4. The fourth-order valence-electron chi connectivity index (χ4n) is 0.686. The Morgan fingerprint density at radius 1 is 1.75 bits per heavy atom. The van der Waals surface area contributed by atoms with Crippen molar-refractivity contribution in [2.45, 2.75) is 6.92 Å². The second-order valence-corrected chi connectivity index (χ2v) is 2.22. The number of ether oxygens (including phenoxy) is 1. The quantitative estimate of drug-likeness (QED) is 0.490. The number of rotatable bonds is 2. The Balaban J connectivity index is 2.63. The van der Waals surface area contributed by atoms with E-state index in [0.29, 0.717) is 11.5 Å². The van der Waals surface area contributed by atoms with Crippen molar-refractivity contribution in [3.05, 3.63) is 23.6 Å². The molecular formula is C8H9NO3. The van der Waals surface area contributed by atoms with Gasteiger partial charge in [-0.3, -0.25) is 0 Å². The van der Waals surface area contributed by atoms with E-state index in [0.717, 1.165) is 0 Å². The fraction of sp³-hybridized carbons (Fsp3) is 0.250. The fourth-order valence-corrected chi connectivity index (χ4v) is 0.686. The predicted molar refractivity (Wildman–Crippen MR) is 42.3 cm³/mol. The maximum atomic E-state index is 10.6. The summed E-state index contributed by atoms with van der Waals surface area (Å²) in [6.07, 6.45) is 2.82. The standard InChI is InChI=1S/C8H9NO3/c1-6-5-7(9-12-6)3-4-8(10)11-2/h3-5H,1-2H3. The van der Waals surface area contributed by atoms with E-state index < -0.39 is 5.97 Å². The van der Waals surface area contributed by atoms with E-state index in [-0.39, 0.29) is 0 Å². The first-order chi connectivity index (χ1) is 5.72. The molecule has 0 unspecified atom stereocenters. The van der Waals surface area contributed by atoms with Gasteiger partial charge in [-0.2, -0.15) is 0 Å². The number of methoxy groups -OCH3 is 1. The Morgan fingerprint density at radius 2 is 2.50 bits per heavy atom. The van der Waals surface area contributed by atoms with E-state index in [1.165, 1.54) is 19.3 Å².